The van der Waals surface area contributed by atoms with Crippen LogP contribution < -0.4 is 5.32 Å². The Morgan fingerprint density at radius 2 is 2.04 bits per heavy atom. The molecule has 0 spiro atoms. The summed E-state index contributed by atoms with van der Waals surface area (Å²) in [5.74, 6) is 0.478. The average Bonchev–Trinajstić information content (AvgIpc) is 3.12. The van der Waals surface area contributed by atoms with Crippen molar-refractivity contribution in [2.24, 2.45) is 7.05 Å². The highest BCUT2D eigenvalue weighted by molar-refractivity contribution is 7.12. The molecule has 0 aliphatic carbocycles. The third kappa shape index (κ3) is 3.03. The number of hydrogen-bond donors (Lipinski definition) is 1. The number of nitrogens with zero attached hydrogens (tertiary/aromatic N) is 3. The lowest BCUT2D eigenvalue weighted by atomic mass is 10.3. The van der Waals surface area contributed by atoms with Crippen molar-refractivity contribution in [3.8, 4) is 0 Å². The van der Waals surface area contributed by atoms with E-state index in [2.05, 4.69) is 10.3 Å². The van der Waals surface area contributed by atoms with Crippen LogP contribution in [0.15, 0.2) is 35.7 Å². The maximum absolute atomic E-state index is 12.7. The summed E-state index contributed by atoms with van der Waals surface area (Å²) < 4.78 is 1.99. The lowest BCUT2D eigenvalue weighted by molar-refractivity contribution is -0.114. The summed E-state index contributed by atoms with van der Waals surface area (Å²) in [6.45, 7) is 1.82. The molecule has 0 saturated heterocycles. The SMILES string of the molecule is CC(=O)Nc1ccsc1C(=O)N(C)Cc1nc2ccccc2n1C. The first-order valence-corrected chi connectivity index (χ1v) is 8.36. The number of imidazole rings is 1. The molecule has 0 saturated carbocycles. The lowest BCUT2D eigenvalue weighted by Gasteiger charge is -2.17. The number of para-hydroxylation sites is 2. The minimum Gasteiger partial charge on any atom is -0.333 e. The second kappa shape index (κ2) is 6.45. The molecule has 1 N–H and O–H groups in total. The first kappa shape index (κ1) is 16.2. The van der Waals surface area contributed by atoms with Crippen LogP contribution in [-0.4, -0.2) is 33.3 Å². The molecule has 2 heterocycles. The first-order valence-electron chi connectivity index (χ1n) is 7.48. The number of thiophene rings is 1. The molecule has 0 unspecified atom stereocenters. The summed E-state index contributed by atoms with van der Waals surface area (Å²) >= 11 is 1.31. The van der Waals surface area contributed by atoms with Crippen molar-refractivity contribution in [1.82, 2.24) is 14.5 Å². The van der Waals surface area contributed by atoms with Gasteiger partial charge in [-0.25, -0.2) is 4.98 Å². The average molecular weight is 342 g/mol. The Hall–Kier alpha value is -2.67. The normalized spacial score (nSPS) is 10.8. The van der Waals surface area contributed by atoms with Crippen molar-refractivity contribution in [3.05, 3.63) is 46.4 Å². The Morgan fingerprint density at radius 1 is 1.29 bits per heavy atom. The molecule has 2 amide bonds. The number of aryl methyl sites for hydroxylation is 1. The van der Waals surface area contributed by atoms with Crippen LogP contribution in [0.4, 0.5) is 5.69 Å². The van der Waals surface area contributed by atoms with Crippen molar-refractivity contribution >= 4 is 39.9 Å². The second-order valence-corrected chi connectivity index (χ2v) is 6.50. The first-order chi connectivity index (χ1) is 11.5. The predicted octanol–water partition coefficient (Wildman–Crippen LogP) is 2.87. The van der Waals surface area contributed by atoms with E-state index >= 15 is 0 Å². The van der Waals surface area contributed by atoms with Crippen LogP contribution in [0, 0.1) is 0 Å². The van der Waals surface area contributed by atoms with Gasteiger partial charge in [0.25, 0.3) is 5.91 Å². The molecule has 124 valence electrons. The van der Waals surface area contributed by atoms with E-state index in [-0.39, 0.29) is 11.8 Å². The van der Waals surface area contributed by atoms with E-state index < -0.39 is 0 Å². The quantitative estimate of drug-likeness (QED) is 0.793. The molecule has 0 aliphatic rings. The molecule has 0 aliphatic heterocycles. The maximum Gasteiger partial charge on any atom is 0.266 e. The Kier molecular flexibility index (Phi) is 4.35. The Morgan fingerprint density at radius 3 is 2.75 bits per heavy atom. The van der Waals surface area contributed by atoms with Gasteiger partial charge in [-0.15, -0.1) is 11.3 Å². The number of carbonyl (C=O) groups is 2. The van der Waals surface area contributed by atoms with E-state index in [1.54, 1.807) is 23.4 Å². The number of benzene rings is 1. The largest absolute Gasteiger partial charge is 0.333 e. The number of aromatic nitrogens is 2. The molecule has 24 heavy (non-hydrogen) atoms. The Labute approximate surface area is 143 Å². The molecule has 7 heteroatoms. The molecular weight excluding hydrogens is 324 g/mol. The molecule has 3 rings (SSSR count). The zero-order valence-electron chi connectivity index (χ0n) is 13.7. The van der Waals surface area contributed by atoms with Crippen LogP contribution in [0.25, 0.3) is 11.0 Å². The lowest BCUT2D eigenvalue weighted by Crippen LogP contribution is -2.27. The summed E-state index contributed by atoms with van der Waals surface area (Å²) in [6.07, 6.45) is 0. The predicted molar refractivity (Wildman–Crippen MR) is 95.1 cm³/mol. The van der Waals surface area contributed by atoms with Crippen molar-refractivity contribution in [3.63, 3.8) is 0 Å². The van der Waals surface area contributed by atoms with Gasteiger partial charge < -0.3 is 14.8 Å². The topological polar surface area (TPSA) is 67.2 Å². The van der Waals surface area contributed by atoms with Gasteiger partial charge in [-0.1, -0.05) is 12.1 Å². The molecule has 0 atom stereocenters. The molecule has 2 aromatic heterocycles. The molecular formula is C17H18N4O2S. The maximum atomic E-state index is 12.7. The van der Waals surface area contributed by atoms with E-state index in [1.165, 1.54) is 18.3 Å². The fraction of sp³-hybridized carbons (Fsp3) is 0.235. The summed E-state index contributed by atoms with van der Waals surface area (Å²) in [6, 6.07) is 9.60. The summed E-state index contributed by atoms with van der Waals surface area (Å²) in [5, 5.41) is 4.48. The highest BCUT2D eigenvalue weighted by Crippen LogP contribution is 2.24. The number of amides is 2. The van der Waals surface area contributed by atoms with Gasteiger partial charge in [0.05, 0.1) is 23.3 Å². The fourth-order valence-corrected chi connectivity index (χ4v) is 3.40. The molecule has 0 fully saturated rings. The standard InChI is InChI=1S/C17H18N4O2S/c1-11(22)18-13-8-9-24-16(13)17(23)20(2)10-15-19-12-6-4-5-7-14(12)21(15)3/h4-9H,10H2,1-3H3,(H,18,22). The van der Waals surface area contributed by atoms with Crippen molar-refractivity contribution in [2.45, 2.75) is 13.5 Å². The van der Waals surface area contributed by atoms with E-state index in [4.69, 9.17) is 0 Å². The zero-order valence-corrected chi connectivity index (χ0v) is 14.6. The third-order valence-corrected chi connectivity index (χ3v) is 4.68. The van der Waals surface area contributed by atoms with Gasteiger partial charge in [-0.3, -0.25) is 9.59 Å². The van der Waals surface area contributed by atoms with Gasteiger partial charge >= 0.3 is 0 Å². The smallest absolute Gasteiger partial charge is 0.266 e. The monoisotopic (exact) mass is 342 g/mol. The van der Waals surface area contributed by atoms with Crippen molar-refractivity contribution in [2.75, 3.05) is 12.4 Å². The van der Waals surface area contributed by atoms with Crippen LogP contribution in [0.3, 0.4) is 0 Å². The zero-order chi connectivity index (χ0) is 17.3. The van der Waals surface area contributed by atoms with Crippen LogP contribution in [-0.2, 0) is 18.4 Å². The number of rotatable bonds is 4. The van der Waals surface area contributed by atoms with E-state index in [9.17, 15) is 9.59 Å². The third-order valence-electron chi connectivity index (χ3n) is 3.78. The molecule has 6 nitrogen and oxygen atoms in total. The molecule has 3 aromatic rings. The Balaban J connectivity index is 1.82. The van der Waals surface area contributed by atoms with Crippen LogP contribution in [0.5, 0.6) is 0 Å². The summed E-state index contributed by atoms with van der Waals surface area (Å²) in [5.41, 5.74) is 2.49. The minimum absolute atomic E-state index is 0.138. The van der Waals surface area contributed by atoms with Gasteiger partial charge in [-0.2, -0.15) is 0 Å². The Bertz CT molecular complexity index is 912. The number of fused-ring (bicyclic) bond motifs is 1. The fourth-order valence-electron chi connectivity index (χ4n) is 2.56. The highest BCUT2D eigenvalue weighted by atomic mass is 32.1. The highest BCUT2D eigenvalue weighted by Gasteiger charge is 2.20. The van der Waals surface area contributed by atoms with Gasteiger partial charge in [0.2, 0.25) is 5.91 Å². The number of carbonyl (C=O) groups excluding carboxylic acids is 2. The second-order valence-electron chi connectivity index (χ2n) is 5.58. The van der Waals surface area contributed by atoms with Crippen molar-refractivity contribution in [1.29, 1.82) is 0 Å². The minimum atomic E-state index is -0.194. The van der Waals surface area contributed by atoms with Gasteiger partial charge in [-0.05, 0) is 23.6 Å². The van der Waals surface area contributed by atoms with Crippen LogP contribution in [0.1, 0.15) is 22.4 Å². The van der Waals surface area contributed by atoms with Crippen LogP contribution in [0.2, 0.25) is 0 Å². The molecule has 0 bridgehead atoms. The van der Waals surface area contributed by atoms with Crippen molar-refractivity contribution < 1.29 is 9.59 Å². The van der Waals surface area contributed by atoms with E-state index in [0.29, 0.717) is 17.1 Å². The van der Waals surface area contributed by atoms with E-state index in [0.717, 1.165) is 16.9 Å². The summed E-state index contributed by atoms with van der Waals surface area (Å²) in [7, 11) is 3.68. The van der Waals surface area contributed by atoms with Gasteiger partial charge in [0.1, 0.15) is 10.7 Å². The van der Waals surface area contributed by atoms with E-state index in [1.807, 2.05) is 35.9 Å². The molecule has 0 radical (unpaired) electrons. The van der Waals surface area contributed by atoms with Crippen LogP contribution >= 0.6 is 11.3 Å². The van der Waals surface area contributed by atoms with Gasteiger partial charge in [0, 0.05) is 21.0 Å². The summed E-state index contributed by atoms with van der Waals surface area (Å²) in [4.78, 5) is 30.7. The van der Waals surface area contributed by atoms with Gasteiger partial charge in [0.15, 0.2) is 0 Å². The molecule has 1 aromatic carbocycles. The number of anilines is 1. The number of hydrogen-bond acceptors (Lipinski definition) is 4. The number of nitrogens with one attached hydrogen (secondary N) is 1.